The Bertz CT molecular complexity index is 756. The van der Waals surface area contributed by atoms with Crippen molar-refractivity contribution < 1.29 is 30.7 Å². The molecule has 4 aliphatic rings. The minimum atomic E-state index is -3.02. The second-order valence-electron chi connectivity index (χ2n) is 15.0. The first-order valence-corrected chi connectivity index (χ1v) is 61.1. The van der Waals surface area contributed by atoms with Crippen LogP contribution in [0.3, 0.4) is 0 Å². The summed E-state index contributed by atoms with van der Waals surface area (Å²) in [5.74, 6) is 0. The average molecular weight is 1360 g/mol. The molecule has 0 amide bonds. The van der Waals surface area contributed by atoms with Crippen LogP contribution in [0.15, 0.2) is 0 Å². The molecule has 4 fully saturated rings. The van der Waals surface area contributed by atoms with E-state index in [1.807, 2.05) is 0 Å². The molecule has 17 heteroatoms. The molecule has 0 N–H and O–H groups in total. The first-order valence-electron chi connectivity index (χ1n) is 14.6. The van der Waals surface area contributed by atoms with Crippen LogP contribution in [0.1, 0.15) is 13.8 Å². The molecule has 4 saturated heterocycles. The van der Waals surface area contributed by atoms with E-state index in [9.17, 15) is 0 Å². The van der Waals surface area contributed by atoms with E-state index >= 15 is 0 Å². The molecule has 4 heterocycles. The van der Waals surface area contributed by atoms with Crippen molar-refractivity contribution in [3.05, 3.63) is 0 Å². The molecule has 1 spiro atoms. The molecule has 0 saturated carbocycles. The van der Waals surface area contributed by atoms with Crippen molar-refractivity contribution >= 4 is 133 Å². The molecule has 4 aliphatic heterocycles. The van der Waals surface area contributed by atoms with Gasteiger partial charge in [-0.25, -0.2) is 0 Å². The van der Waals surface area contributed by atoms with Crippen molar-refractivity contribution in [1.82, 2.24) is 0 Å². The Hall–Kier alpha value is 5.05. The van der Waals surface area contributed by atoms with Crippen molar-refractivity contribution in [2.75, 3.05) is 66.1 Å². The van der Waals surface area contributed by atoms with E-state index in [1.54, 1.807) is 0 Å². The summed E-state index contributed by atoms with van der Waals surface area (Å²) in [6, 6.07) is 0. The second kappa shape index (κ2) is 17.5. The molecule has 0 radical (unpaired) electrons. The number of hydrogen-bond donors (Lipinski definition) is 0. The van der Waals surface area contributed by atoms with Crippen LogP contribution in [0.5, 0.6) is 0 Å². The molecule has 0 unspecified atom stereocenters. The van der Waals surface area contributed by atoms with E-state index in [1.165, 1.54) is 0 Å². The molecule has 0 aromatic rings. The van der Waals surface area contributed by atoms with Gasteiger partial charge in [0, 0.05) is 37.2 Å². The summed E-state index contributed by atoms with van der Waals surface area (Å²) < 4.78 is 60.1. The monoisotopic (exact) mass is 1370 g/mol. The fraction of sp³-hybridized carbons (Fsp3) is 1.00. The van der Waals surface area contributed by atoms with Gasteiger partial charge in [-0.15, -0.1) is 0 Å². The Kier molecular flexibility index (Phi) is 18.0. The fourth-order valence-electron chi connectivity index (χ4n) is 4.10. The quantitative estimate of drug-likeness (QED) is 0.218. The third kappa shape index (κ3) is 15.5. The molecule has 0 bridgehead atoms. The molecule has 10 nitrogen and oxygen atoms in total. The third-order valence-electron chi connectivity index (χ3n) is 7.51. The molecular weight excluding hydrogens is 1310 g/mol. The van der Waals surface area contributed by atoms with Crippen LogP contribution >= 0.6 is 37.2 Å². The first kappa shape index (κ1) is 43.2. The van der Waals surface area contributed by atoms with Crippen LogP contribution in [0.2, 0.25) is 49.4 Å². The van der Waals surface area contributed by atoms with Gasteiger partial charge in [0.2, 0.25) is 0 Å². The summed E-state index contributed by atoms with van der Waals surface area (Å²) >= 11 is -9.10. The predicted molar refractivity (Wildman–Crippen MR) is 194 cm³/mol. The van der Waals surface area contributed by atoms with Gasteiger partial charge in [-0.2, -0.15) is 0 Å². The molecular formula is C25H56I2O10Sn5. The summed E-state index contributed by atoms with van der Waals surface area (Å²) in [4.78, 5) is 21.6. The van der Waals surface area contributed by atoms with Gasteiger partial charge >= 0.3 is 272 Å². The Morgan fingerprint density at radius 2 is 0.714 bits per heavy atom. The van der Waals surface area contributed by atoms with Crippen LogP contribution in [-0.2, 0) is 30.7 Å². The van der Waals surface area contributed by atoms with E-state index in [4.69, 9.17) is 30.7 Å². The van der Waals surface area contributed by atoms with Gasteiger partial charge in [0.15, 0.2) is 0 Å². The van der Waals surface area contributed by atoms with E-state index < -0.39 is 96.0 Å². The third-order valence-corrected chi connectivity index (χ3v) is 31.5. The molecule has 0 atom stereocenters. The molecule has 4 rings (SSSR count). The zero-order valence-corrected chi connectivity index (χ0v) is 46.5. The number of halogens is 2. The Morgan fingerprint density at radius 1 is 0.500 bits per heavy atom. The van der Waals surface area contributed by atoms with E-state index in [-0.39, 0.29) is 16.2 Å². The minimum absolute atomic E-state index is 0.0150. The van der Waals surface area contributed by atoms with Gasteiger partial charge in [-0.05, 0) is 0 Å². The van der Waals surface area contributed by atoms with Crippen molar-refractivity contribution in [2.45, 2.75) is 63.2 Å². The predicted octanol–water partition coefficient (Wildman–Crippen LogP) is 6.47. The van der Waals surface area contributed by atoms with Gasteiger partial charge in [0.05, 0.1) is 0 Å². The van der Waals surface area contributed by atoms with Crippen molar-refractivity contribution in [1.29, 1.82) is 0 Å². The molecule has 0 aromatic carbocycles. The molecule has 0 aliphatic carbocycles. The van der Waals surface area contributed by atoms with Gasteiger partial charge in [0.25, 0.3) is 0 Å². The van der Waals surface area contributed by atoms with Crippen molar-refractivity contribution in [2.24, 2.45) is 16.2 Å². The van der Waals surface area contributed by atoms with E-state index in [0.29, 0.717) is 13.2 Å². The Labute approximate surface area is 304 Å². The van der Waals surface area contributed by atoms with Gasteiger partial charge < -0.3 is 0 Å². The van der Waals surface area contributed by atoms with Crippen molar-refractivity contribution in [3.63, 3.8) is 0 Å². The van der Waals surface area contributed by atoms with Crippen molar-refractivity contribution in [3.8, 4) is 0 Å². The van der Waals surface area contributed by atoms with Gasteiger partial charge in [-0.3, -0.25) is 0 Å². The average Bonchev–Trinajstić information content (AvgIpc) is 2.91. The zero-order valence-electron chi connectivity index (χ0n) is 27.9. The normalized spacial score (nSPS) is 28.4. The summed E-state index contributed by atoms with van der Waals surface area (Å²) in [7, 11) is 0. The summed E-state index contributed by atoms with van der Waals surface area (Å²) in [6.07, 6.45) is 0. The van der Waals surface area contributed by atoms with E-state index in [0.717, 1.165) is 52.9 Å². The fourth-order valence-corrected chi connectivity index (χ4v) is 24.7. The second-order valence-corrected chi connectivity index (χ2v) is 63.2. The summed E-state index contributed by atoms with van der Waals surface area (Å²) in [5.41, 5.74) is -0.147. The molecule has 250 valence electrons. The van der Waals surface area contributed by atoms with Crippen LogP contribution < -0.4 is 0 Å². The summed E-state index contributed by atoms with van der Waals surface area (Å²) in [5, 5.41) is 0. The van der Waals surface area contributed by atoms with Gasteiger partial charge in [-0.1, -0.05) is 0 Å². The maximum atomic E-state index is 6.30. The van der Waals surface area contributed by atoms with E-state index in [2.05, 4.69) is 100 Å². The molecule has 0 aromatic heterocycles. The number of hydrogen-bond acceptors (Lipinski definition) is 10. The topological polar surface area (TPSA) is 92.3 Å². The summed E-state index contributed by atoms with van der Waals surface area (Å²) in [6.45, 7) is 11.6. The van der Waals surface area contributed by atoms with Crippen LogP contribution in [0, 0.1) is 16.2 Å². The zero-order chi connectivity index (χ0) is 32.1. The van der Waals surface area contributed by atoms with Crippen LogP contribution in [0.25, 0.3) is 0 Å². The molecule has 42 heavy (non-hydrogen) atoms. The SMILES string of the molecule is CC1(C[O][Sn]([CH3])([CH3])[O]CC2(C)C[O][Sn]([CH3])([CH3])[O]C2)C[O][Sn]([CH3])([CH3])[O]C1.II.[CH3][Sn]1([CH3])[O]CC2(C[O]1)C[O][Sn]([CH3])([CH3])[O]C2. The standard InChI is InChI=1S/C5H8O4.2C5H9O3.10CH3.I2.5Sn/c6-1-5(2-7,3-8)4-9;2*1-5(2-6,3-7)4-8;;;;;;;;;;;1-2;;;;;/h1-4H2;2*2-4H2,1H3;10*1H3;;;;;;/q-4;2*-3;;;;;;;;;;;;5*+2. The number of rotatable bonds is 6. The van der Waals surface area contributed by atoms with Gasteiger partial charge in [0.1, 0.15) is 0 Å². The Balaban J connectivity index is 0.000000308. The maximum absolute atomic E-state index is 6.30. The Morgan fingerprint density at radius 3 is 0.952 bits per heavy atom. The van der Waals surface area contributed by atoms with Crippen LogP contribution in [0.4, 0.5) is 0 Å². The first-order chi connectivity index (χ1) is 19.1. The van der Waals surface area contributed by atoms with Crippen LogP contribution in [-0.4, -0.2) is 162 Å².